The molecule has 0 aliphatic heterocycles. The van der Waals surface area contributed by atoms with Crippen molar-refractivity contribution in [3.05, 3.63) is 77.7 Å². The van der Waals surface area contributed by atoms with Crippen LogP contribution in [0.2, 0.25) is 5.02 Å². The molecule has 0 atom stereocenters. The zero-order chi connectivity index (χ0) is 38.4. The van der Waals surface area contributed by atoms with Gasteiger partial charge in [-0.15, -0.1) is 0 Å². The van der Waals surface area contributed by atoms with Crippen LogP contribution in [0.15, 0.2) is 66.9 Å². The highest BCUT2D eigenvalue weighted by Crippen LogP contribution is 2.48. The van der Waals surface area contributed by atoms with E-state index in [0.29, 0.717) is 71.1 Å². The van der Waals surface area contributed by atoms with Crippen molar-refractivity contribution in [2.75, 3.05) is 44.0 Å². The number of fused-ring (bicyclic) bond motifs is 1. The number of methoxy groups -OCH3 is 1. The molecule has 1 aromatic heterocycles. The molecule has 1 aliphatic rings. The summed E-state index contributed by atoms with van der Waals surface area (Å²) in [5.74, 6) is -0.282. The first-order valence-electron chi connectivity index (χ1n) is 17.9. The molecule has 1 saturated carbocycles. The average Bonchev–Trinajstić information content (AvgIpc) is 3.97. The van der Waals surface area contributed by atoms with Gasteiger partial charge in [0.2, 0.25) is 11.8 Å². The predicted molar refractivity (Wildman–Crippen MR) is 205 cm³/mol. The number of rotatable bonds is 18. The number of aromatic nitrogens is 1. The molecule has 5 rings (SSSR count). The number of carboxylic acid groups (broad SMARTS) is 1. The molecule has 0 radical (unpaired) electrons. The molecular weight excluding hydrogens is 703 g/mol. The molecule has 13 heteroatoms. The number of amides is 2. The number of nitrogens with one attached hydrogen (secondary N) is 2. The number of hydrogen-bond donors (Lipinski definition) is 3. The molecule has 1 fully saturated rings. The molecular formula is C40H48ClFN4O7. The maximum atomic E-state index is 13.2. The number of benzene rings is 3. The van der Waals surface area contributed by atoms with Crippen LogP contribution in [0.3, 0.4) is 0 Å². The van der Waals surface area contributed by atoms with Gasteiger partial charge in [0.25, 0.3) is 0 Å². The molecule has 0 spiro atoms. The fraction of sp³-hybridized carbons (Fsp3) is 0.400. The van der Waals surface area contributed by atoms with E-state index in [4.69, 9.17) is 30.9 Å². The zero-order valence-corrected chi connectivity index (χ0v) is 31.4. The van der Waals surface area contributed by atoms with Gasteiger partial charge in [-0.2, -0.15) is 0 Å². The molecule has 284 valence electrons. The van der Waals surface area contributed by atoms with Gasteiger partial charge in [-0.3, -0.25) is 19.4 Å². The number of carbonyl (C=O) groups is 3. The van der Waals surface area contributed by atoms with E-state index < -0.39 is 29.0 Å². The molecule has 3 aromatic carbocycles. The number of nitrogens with zero attached hydrogens (tertiary/aromatic N) is 2. The number of pyridine rings is 1. The van der Waals surface area contributed by atoms with Crippen LogP contribution in [0.5, 0.6) is 23.0 Å². The number of carboxylic acids is 1. The third-order valence-corrected chi connectivity index (χ3v) is 9.30. The Bertz CT molecular complexity index is 1840. The first kappa shape index (κ1) is 40.8. The van der Waals surface area contributed by atoms with E-state index in [1.807, 2.05) is 0 Å². The van der Waals surface area contributed by atoms with Crippen molar-refractivity contribution in [2.45, 2.75) is 65.7 Å². The van der Waals surface area contributed by atoms with Gasteiger partial charge >= 0.3 is 5.97 Å². The summed E-state index contributed by atoms with van der Waals surface area (Å²) in [5, 5.41) is 15.1. The normalized spacial score (nSPS) is 12.7. The largest absolute Gasteiger partial charge is 0.493 e. The zero-order valence-electron chi connectivity index (χ0n) is 30.7. The molecule has 0 unspecified atom stereocenters. The molecule has 53 heavy (non-hydrogen) atoms. The Morgan fingerprint density at radius 2 is 1.47 bits per heavy atom. The highest BCUT2D eigenvalue weighted by Gasteiger charge is 2.56. The number of unbranched alkanes of at least 4 members (excludes halogenated alkanes) is 3. The van der Waals surface area contributed by atoms with E-state index in [1.165, 1.54) is 43.9 Å². The van der Waals surface area contributed by atoms with Gasteiger partial charge < -0.3 is 34.9 Å². The molecule has 1 heterocycles. The topological polar surface area (TPSA) is 139 Å². The Kier molecular flexibility index (Phi) is 15.2. The van der Waals surface area contributed by atoms with Crippen molar-refractivity contribution < 1.29 is 38.1 Å². The summed E-state index contributed by atoms with van der Waals surface area (Å²) >= 11 is 6.55. The lowest BCUT2D eigenvalue weighted by atomic mass is 10.0. The number of aliphatic carboxylic acids is 1. The summed E-state index contributed by atoms with van der Waals surface area (Å²) < 4.78 is 30.9. The van der Waals surface area contributed by atoms with Crippen LogP contribution in [-0.4, -0.2) is 66.1 Å². The predicted octanol–water partition coefficient (Wildman–Crippen LogP) is 8.95. The Labute approximate surface area is 314 Å². The van der Waals surface area contributed by atoms with E-state index in [1.54, 1.807) is 49.7 Å². The SMILES string of the molecule is CCN(CC)CC.COc1cc2c(Oc3ccc(NC(=O)C4(C(=O)Nc5ccc(F)cc5)CC4)cc3Cl)ccnc2cc1OCCCCCCC(=O)O. The standard InChI is InChI=1S/C34H33ClFN3O7.C6H15N/c1-44-29-19-24-26(20-30(29)45-17-5-3-2-4-6-31(40)41)37-16-13-27(24)46-28-12-11-23(18-25(28)35)39-33(43)34(14-15-34)32(42)38-22-9-7-21(36)8-10-22;1-4-7(5-2)6-3/h7-13,16,18-20H,2-6,14-15,17H2,1H3,(H,38,42)(H,39,43)(H,40,41);4-6H2,1-3H3. The third-order valence-electron chi connectivity index (χ3n) is 9.00. The van der Waals surface area contributed by atoms with Crippen molar-refractivity contribution in [2.24, 2.45) is 5.41 Å². The lowest BCUT2D eigenvalue weighted by Crippen LogP contribution is -2.35. The maximum absolute atomic E-state index is 13.2. The van der Waals surface area contributed by atoms with E-state index in [0.717, 1.165) is 19.3 Å². The van der Waals surface area contributed by atoms with E-state index in [-0.39, 0.29) is 11.4 Å². The Morgan fingerprint density at radius 3 is 2.06 bits per heavy atom. The molecule has 11 nitrogen and oxygen atoms in total. The second-order valence-electron chi connectivity index (χ2n) is 12.6. The van der Waals surface area contributed by atoms with Gasteiger partial charge in [0.05, 0.1) is 24.3 Å². The van der Waals surface area contributed by atoms with E-state index in [2.05, 4.69) is 41.3 Å². The van der Waals surface area contributed by atoms with E-state index >= 15 is 0 Å². The second-order valence-corrected chi connectivity index (χ2v) is 13.0. The number of ether oxygens (including phenoxy) is 3. The minimum Gasteiger partial charge on any atom is -0.493 e. The van der Waals surface area contributed by atoms with Crippen molar-refractivity contribution in [1.29, 1.82) is 0 Å². The van der Waals surface area contributed by atoms with Gasteiger partial charge in [-0.25, -0.2) is 4.39 Å². The van der Waals surface area contributed by atoms with Crippen LogP contribution in [0.4, 0.5) is 15.8 Å². The Balaban J connectivity index is 0.000000815. The quantitative estimate of drug-likeness (QED) is 0.0672. The number of halogens is 2. The molecule has 4 aromatic rings. The summed E-state index contributed by atoms with van der Waals surface area (Å²) in [5.41, 5.74) is 0.202. The lowest BCUT2D eigenvalue weighted by Gasteiger charge is -2.17. The average molecular weight is 751 g/mol. The fourth-order valence-corrected chi connectivity index (χ4v) is 5.79. The van der Waals surface area contributed by atoms with Crippen molar-refractivity contribution in [3.8, 4) is 23.0 Å². The van der Waals surface area contributed by atoms with Crippen LogP contribution in [0, 0.1) is 11.2 Å². The summed E-state index contributed by atoms with van der Waals surface area (Å²) in [4.78, 5) is 43.4. The monoisotopic (exact) mass is 750 g/mol. The fourth-order valence-electron chi connectivity index (χ4n) is 5.57. The minimum atomic E-state index is -1.21. The minimum absolute atomic E-state index is 0.170. The summed E-state index contributed by atoms with van der Waals surface area (Å²) in [6.07, 6.45) is 5.64. The van der Waals surface area contributed by atoms with Crippen LogP contribution in [0.25, 0.3) is 10.9 Å². The third kappa shape index (κ3) is 11.5. The highest BCUT2D eigenvalue weighted by atomic mass is 35.5. The van der Waals surface area contributed by atoms with Crippen LogP contribution in [-0.2, 0) is 14.4 Å². The van der Waals surface area contributed by atoms with Crippen LogP contribution in [0.1, 0.15) is 65.7 Å². The maximum Gasteiger partial charge on any atom is 0.303 e. The summed E-state index contributed by atoms with van der Waals surface area (Å²) in [7, 11) is 1.54. The van der Waals surface area contributed by atoms with Crippen LogP contribution >= 0.6 is 11.6 Å². The molecule has 0 bridgehead atoms. The highest BCUT2D eigenvalue weighted by molar-refractivity contribution is 6.32. The van der Waals surface area contributed by atoms with Gasteiger partial charge in [-0.1, -0.05) is 45.2 Å². The number of carbonyl (C=O) groups excluding carboxylic acids is 2. The summed E-state index contributed by atoms with van der Waals surface area (Å²) in [6.45, 7) is 10.6. The lowest BCUT2D eigenvalue weighted by molar-refractivity contribution is -0.137. The van der Waals surface area contributed by atoms with E-state index in [9.17, 15) is 18.8 Å². The smallest absolute Gasteiger partial charge is 0.303 e. The Hall–Kier alpha value is -4.94. The molecule has 2 amide bonds. The Morgan fingerprint density at radius 1 is 0.830 bits per heavy atom. The van der Waals surface area contributed by atoms with Gasteiger partial charge in [-0.05, 0) is 99.9 Å². The van der Waals surface area contributed by atoms with Crippen molar-refractivity contribution >= 4 is 51.7 Å². The van der Waals surface area contributed by atoms with Gasteiger partial charge in [0.1, 0.15) is 22.7 Å². The van der Waals surface area contributed by atoms with Gasteiger partial charge in [0.15, 0.2) is 11.5 Å². The summed E-state index contributed by atoms with van der Waals surface area (Å²) in [6, 6.07) is 15.4. The first-order chi connectivity index (χ1) is 25.5. The van der Waals surface area contributed by atoms with Gasteiger partial charge in [0, 0.05) is 35.4 Å². The first-order valence-corrected chi connectivity index (χ1v) is 18.3. The molecule has 1 aliphatic carbocycles. The molecule has 3 N–H and O–H groups in total. The van der Waals surface area contributed by atoms with Crippen LogP contribution < -0.4 is 24.8 Å². The van der Waals surface area contributed by atoms with Crippen molar-refractivity contribution in [3.63, 3.8) is 0 Å². The molecule has 0 saturated heterocycles. The second kappa shape index (κ2) is 19.8. The number of hydrogen-bond acceptors (Lipinski definition) is 8. The van der Waals surface area contributed by atoms with Crippen molar-refractivity contribution in [1.82, 2.24) is 9.88 Å². The number of anilines is 2.